The first kappa shape index (κ1) is 34.4. The highest BCUT2D eigenvalue weighted by molar-refractivity contribution is 7.07. The summed E-state index contributed by atoms with van der Waals surface area (Å²) >= 11 is 1.42. The Balaban J connectivity index is 1.15. The van der Waals surface area contributed by atoms with Gasteiger partial charge < -0.3 is 14.8 Å². The maximum atomic E-state index is 12.8. The molecule has 2 heterocycles. The third-order valence-electron chi connectivity index (χ3n) is 7.71. The summed E-state index contributed by atoms with van der Waals surface area (Å²) in [5, 5.41) is 9.40. The Morgan fingerprint density at radius 1 is 1.02 bits per heavy atom. The van der Waals surface area contributed by atoms with Crippen molar-refractivity contribution < 1.29 is 27.4 Å². The van der Waals surface area contributed by atoms with Gasteiger partial charge in [-0.15, -0.1) is 29.6 Å². The van der Waals surface area contributed by atoms with Crippen molar-refractivity contribution in [2.75, 3.05) is 13.7 Å². The van der Waals surface area contributed by atoms with Gasteiger partial charge in [0.15, 0.2) is 10.6 Å². The number of urea groups is 1. The molecule has 13 heteroatoms. The van der Waals surface area contributed by atoms with Crippen LogP contribution in [0.25, 0.3) is 22.8 Å². The Bertz CT molecular complexity index is 1910. The number of nitrogens with one attached hydrogen (secondary N) is 1. The Hall–Kier alpha value is -4.91. The van der Waals surface area contributed by atoms with Crippen molar-refractivity contribution in [3.63, 3.8) is 0 Å². The van der Waals surface area contributed by atoms with Gasteiger partial charge in [-0.05, 0) is 73.1 Å². The van der Waals surface area contributed by atoms with Crippen LogP contribution in [-0.4, -0.2) is 45.4 Å². The first-order valence-electron chi connectivity index (χ1n) is 15.5. The summed E-state index contributed by atoms with van der Waals surface area (Å²) in [6.07, 6.45) is -1.65. The summed E-state index contributed by atoms with van der Waals surface area (Å²) in [5.41, 5.74) is 5.57. The van der Waals surface area contributed by atoms with Gasteiger partial charge in [0, 0.05) is 29.2 Å². The number of halogens is 3. The fourth-order valence-corrected chi connectivity index (χ4v) is 6.13. The molecule has 0 saturated heterocycles. The molecule has 0 aliphatic carbocycles. The number of carbonyl (C=O) groups excluding carboxylic acids is 1. The topological polar surface area (TPSA) is 95.6 Å². The average molecular weight is 679 g/mol. The van der Waals surface area contributed by atoms with Crippen LogP contribution in [0.4, 0.5) is 18.0 Å². The van der Waals surface area contributed by atoms with Crippen LogP contribution >= 0.6 is 11.3 Å². The number of benzene rings is 3. The van der Waals surface area contributed by atoms with Crippen LogP contribution in [0.2, 0.25) is 0 Å². The van der Waals surface area contributed by atoms with Gasteiger partial charge >= 0.3 is 12.4 Å². The van der Waals surface area contributed by atoms with E-state index >= 15 is 0 Å². The van der Waals surface area contributed by atoms with Crippen LogP contribution in [0.5, 0.6) is 11.5 Å². The van der Waals surface area contributed by atoms with Gasteiger partial charge in [0.2, 0.25) is 0 Å². The number of hydrogen-bond acceptors (Lipinski definition) is 6. The van der Waals surface area contributed by atoms with Crippen molar-refractivity contribution in [2.24, 2.45) is 10.9 Å². The molecular weight excluding hydrogens is 641 g/mol. The molecule has 0 aliphatic heterocycles. The molecule has 0 fully saturated rings. The van der Waals surface area contributed by atoms with E-state index in [4.69, 9.17) is 4.74 Å². The van der Waals surface area contributed by atoms with E-state index < -0.39 is 6.36 Å². The molecule has 5 rings (SSSR count). The van der Waals surface area contributed by atoms with Crippen LogP contribution in [0.1, 0.15) is 49.9 Å². The first-order valence-corrected chi connectivity index (χ1v) is 16.3. The first-order chi connectivity index (χ1) is 22.9. The molecule has 9 nitrogen and oxygen atoms in total. The summed E-state index contributed by atoms with van der Waals surface area (Å²) < 4.78 is 50.2. The van der Waals surface area contributed by atoms with E-state index in [2.05, 4.69) is 52.0 Å². The third-order valence-corrected chi connectivity index (χ3v) is 8.66. The number of aryl methyl sites for hydroxylation is 1. The number of thiazole rings is 1. The lowest BCUT2D eigenvalue weighted by molar-refractivity contribution is -0.274. The molecule has 1 unspecified atom stereocenters. The molecule has 0 spiro atoms. The normalized spacial score (nSPS) is 12.7. The number of nitrogens with zero attached hydrogens (tertiary/aromatic N) is 5. The highest BCUT2D eigenvalue weighted by atomic mass is 32.1. The summed E-state index contributed by atoms with van der Waals surface area (Å²) in [6, 6.07) is 18.9. The second-order valence-corrected chi connectivity index (χ2v) is 12.6. The molecule has 1 atom stereocenters. The van der Waals surface area contributed by atoms with Gasteiger partial charge in [-0.1, -0.05) is 51.1 Å². The van der Waals surface area contributed by atoms with E-state index in [1.165, 1.54) is 46.6 Å². The Labute approximate surface area is 280 Å². The number of methoxy groups -OCH3 is 1. The van der Waals surface area contributed by atoms with Gasteiger partial charge in [-0.3, -0.25) is 4.57 Å². The van der Waals surface area contributed by atoms with Gasteiger partial charge in [0.25, 0.3) is 0 Å². The lowest BCUT2D eigenvalue weighted by Gasteiger charge is -2.16. The quantitative estimate of drug-likeness (QED) is 0.153. The summed E-state index contributed by atoms with van der Waals surface area (Å²) in [4.78, 5) is 22.2. The third kappa shape index (κ3) is 8.71. The largest absolute Gasteiger partial charge is 0.573 e. The zero-order valence-corrected chi connectivity index (χ0v) is 28.1. The van der Waals surface area contributed by atoms with Gasteiger partial charge in [0.1, 0.15) is 17.8 Å². The van der Waals surface area contributed by atoms with Crippen LogP contribution in [0, 0.1) is 12.8 Å². The minimum absolute atomic E-state index is 0.275. The molecule has 252 valence electrons. The van der Waals surface area contributed by atoms with E-state index in [9.17, 15) is 18.0 Å². The van der Waals surface area contributed by atoms with Crippen LogP contribution < -0.4 is 19.6 Å². The van der Waals surface area contributed by atoms with E-state index in [-0.39, 0.29) is 17.7 Å². The molecule has 0 aliphatic rings. The highest BCUT2D eigenvalue weighted by Gasteiger charge is 2.31. The smallest absolute Gasteiger partial charge is 0.497 e. The van der Waals surface area contributed by atoms with Gasteiger partial charge in [-0.25, -0.2) is 14.5 Å². The number of hydrogen-bond donors (Lipinski definition) is 1. The van der Waals surface area contributed by atoms with E-state index in [1.807, 2.05) is 53.3 Å². The van der Waals surface area contributed by atoms with Crippen molar-refractivity contribution in [2.45, 2.75) is 52.8 Å². The predicted molar refractivity (Wildman–Crippen MR) is 179 cm³/mol. The van der Waals surface area contributed by atoms with Crippen molar-refractivity contribution >= 4 is 17.4 Å². The van der Waals surface area contributed by atoms with E-state index in [0.29, 0.717) is 28.8 Å². The zero-order valence-electron chi connectivity index (χ0n) is 27.3. The Morgan fingerprint density at radius 3 is 2.40 bits per heavy atom. The molecule has 1 N–H and O–H groups in total. The molecule has 2 amide bonds. The average Bonchev–Trinajstić information content (AvgIpc) is 3.67. The minimum Gasteiger partial charge on any atom is -0.497 e. The molecule has 48 heavy (non-hydrogen) atoms. The fraction of sp³-hybridized carbons (Fsp3) is 0.314. The predicted octanol–water partition coefficient (Wildman–Crippen LogP) is 8.00. The number of carbonyl (C=O) groups is 1. The highest BCUT2D eigenvalue weighted by Crippen LogP contribution is 2.28. The van der Waals surface area contributed by atoms with E-state index in [1.54, 1.807) is 7.11 Å². The number of aromatic nitrogens is 4. The molecule has 3 aromatic carbocycles. The minimum atomic E-state index is -4.75. The second-order valence-electron chi connectivity index (χ2n) is 11.8. The maximum Gasteiger partial charge on any atom is 0.573 e. The van der Waals surface area contributed by atoms with Crippen LogP contribution in [0.3, 0.4) is 0 Å². The lowest BCUT2D eigenvalue weighted by Crippen LogP contribution is -2.26. The molecule has 0 saturated carbocycles. The molecule has 0 radical (unpaired) electrons. The molecule has 2 aromatic heterocycles. The zero-order chi connectivity index (χ0) is 34.4. The van der Waals surface area contributed by atoms with Crippen molar-refractivity contribution in [3.05, 3.63) is 100 Å². The summed E-state index contributed by atoms with van der Waals surface area (Å²) in [7, 11) is 1.64. The standard InChI is InChI=1S/C35H37F3N6O3S/c1-22(2)30-15-14-29(46-5)19-31(30)44-24(4)20-48-34(44)41-33(45)39-17-16-23(3)18-25-6-8-26(9-7-25)32-40-21-43(42-32)27-10-12-28(13-11-27)47-35(36,37)38/h6-15,19-23H,16-18H2,1-5H3,(H,39,45). The Kier molecular flexibility index (Phi) is 10.7. The number of alkyl halides is 3. The van der Waals surface area contributed by atoms with Gasteiger partial charge in [-0.2, -0.15) is 4.99 Å². The lowest BCUT2D eigenvalue weighted by atomic mass is 9.97. The summed E-state index contributed by atoms with van der Waals surface area (Å²) in [5.74, 6) is 1.50. The van der Waals surface area contributed by atoms with Crippen molar-refractivity contribution in [1.82, 2.24) is 24.6 Å². The SMILES string of the molecule is COc1ccc(C(C)C)c(-n2c(C)csc2=NC(=O)NCCC(C)Cc2ccc(-c3ncn(-c4ccc(OC(F)(F)F)cc4)n3)cc2)c1. The molecule has 0 bridgehead atoms. The maximum absolute atomic E-state index is 12.8. The molecular formula is C35H37F3N6O3S. The Morgan fingerprint density at radius 2 is 1.73 bits per heavy atom. The number of ether oxygens (including phenoxy) is 2. The summed E-state index contributed by atoms with van der Waals surface area (Å²) in [6.45, 7) is 8.89. The fourth-order valence-electron chi connectivity index (χ4n) is 5.26. The van der Waals surface area contributed by atoms with Crippen LogP contribution in [-0.2, 0) is 6.42 Å². The van der Waals surface area contributed by atoms with Gasteiger partial charge in [0.05, 0.1) is 18.5 Å². The van der Waals surface area contributed by atoms with Crippen LogP contribution in [0.15, 0.2) is 83.4 Å². The van der Waals surface area contributed by atoms with E-state index in [0.717, 1.165) is 46.7 Å². The second kappa shape index (κ2) is 14.9. The van der Waals surface area contributed by atoms with Crippen molar-refractivity contribution in [1.29, 1.82) is 0 Å². The monoisotopic (exact) mass is 678 g/mol. The number of rotatable bonds is 11. The van der Waals surface area contributed by atoms with Crippen molar-refractivity contribution in [3.8, 4) is 34.3 Å². The molecule has 5 aromatic rings. The number of amides is 2.